The molecule has 4 fully saturated rings. The number of carbonyl (C=O) groups is 4. The fourth-order valence-electron chi connectivity index (χ4n) is 7.63. The van der Waals surface area contributed by atoms with E-state index in [0.29, 0.717) is 32.2 Å². The number of Topliss-reactive ketones (excluding diaryl/α,β-unsaturated/α-hetero) is 1. The molecule has 0 bridgehead atoms. The first-order chi connectivity index (χ1) is 20.6. The molecule has 1 saturated heterocycles. The van der Waals surface area contributed by atoms with Gasteiger partial charge in [0.05, 0.1) is 23.7 Å². The third-order valence-corrected chi connectivity index (χ3v) is 10.8. The van der Waals surface area contributed by atoms with E-state index in [-0.39, 0.29) is 30.2 Å². The number of rotatable bonds is 14. The molecule has 0 aromatic carbocycles. The summed E-state index contributed by atoms with van der Waals surface area (Å²) in [6.45, 7) is 2.22. The SMILES string of the molecule is CC[C@](NC(=O)NC1(CS(=O)[O-])CCCCC1)(C1CCCCC1)C(OC)N1CCC[C@H]1C(=O)NCC(=O)C(=O)NC1CC1. The quantitative estimate of drug-likeness (QED) is 0.168. The van der Waals surface area contributed by atoms with Crippen molar-refractivity contribution >= 4 is 34.7 Å². The van der Waals surface area contributed by atoms with Crippen molar-refractivity contribution in [2.24, 2.45) is 5.92 Å². The van der Waals surface area contributed by atoms with Crippen molar-refractivity contribution in [3.8, 4) is 0 Å². The number of ether oxygens (including phenoxy) is 1. The number of likely N-dealkylation sites (tertiary alicyclic amines) is 1. The fourth-order valence-corrected chi connectivity index (χ4v) is 8.44. The Morgan fingerprint density at radius 2 is 1.67 bits per heavy atom. The molecule has 2 unspecified atom stereocenters. The number of ketones is 1. The zero-order chi connectivity index (χ0) is 31.0. The Labute approximate surface area is 257 Å². The van der Waals surface area contributed by atoms with E-state index in [0.717, 1.165) is 70.6 Å². The highest BCUT2D eigenvalue weighted by molar-refractivity contribution is 7.79. The smallest absolute Gasteiger partial charge is 0.315 e. The minimum Gasteiger partial charge on any atom is -0.772 e. The van der Waals surface area contributed by atoms with Gasteiger partial charge in [-0.25, -0.2) is 4.79 Å². The summed E-state index contributed by atoms with van der Waals surface area (Å²) < 4.78 is 29.7. The first kappa shape index (κ1) is 33.8. The Kier molecular flexibility index (Phi) is 12.0. The summed E-state index contributed by atoms with van der Waals surface area (Å²) >= 11 is -2.30. The molecular weight excluding hydrogens is 574 g/mol. The average Bonchev–Trinajstić information content (AvgIpc) is 3.68. The molecule has 4 amide bonds. The minimum atomic E-state index is -2.30. The summed E-state index contributed by atoms with van der Waals surface area (Å²) in [5, 5.41) is 11.7. The third-order valence-electron chi connectivity index (χ3n) is 10.00. The lowest BCUT2D eigenvalue weighted by molar-refractivity contribution is -0.144. The second-order valence-electron chi connectivity index (χ2n) is 13.0. The van der Waals surface area contributed by atoms with Crippen LogP contribution in [0.4, 0.5) is 4.79 Å². The maximum atomic E-state index is 13.8. The highest BCUT2D eigenvalue weighted by atomic mass is 32.2. The van der Waals surface area contributed by atoms with Gasteiger partial charge in [0.2, 0.25) is 11.7 Å². The van der Waals surface area contributed by atoms with Gasteiger partial charge in [-0.3, -0.25) is 23.5 Å². The van der Waals surface area contributed by atoms with Crippen molar-refractivity contribution < 1.29 is 32.7 Å². The van der Waals surface area contributed by atoms with Crippen LogP contribution in [0.2, 0.25) is 0 Å². The lowest BCUT2D eigenvalue weighted by Gasteiger charge is -2.51. The molecule has 4 N–H and O–H groups in total. The molecule has 12 nitrogen and oxygen atoms in total. The fraction of sp³-hybridized carbons (Fsp3) is 0.867. The van der Waals surface area contributed by atoms with Crippen LogP contribution >= 0.6 is 0 Å². The van der Waals surface area contributed by atoms with E-state index >= 15 is 0 Å². The molecule has 4 rings (SSSR count). The van der Waals surface area contributed by atoms with Crippen LogP contribution in [0.3, 0.4) is 0 Å². The van der Waals surface area contributed by atoms with Crippen LogP contribution < -0.4 is 21.3 Å². The number of nitrogens with one attached hydrogen (secondary N) is 4. The number of methoxy groups -OCH3 is 1. The van der Waals surface area contributed by atoms with Crippen LogP contribution in [-0.4, -0.2) is 92.6 Å². The van der Waals surface area contributed by atoms with Crippen molar-refractivity contribution in [3.63, 3.8) is 0 Å². The summed E-state index contributed by atoms with van der Waals surface area (Å²) in [5.41, 5.74) is -1.65. The highest BCUT2D eigenvalue weighted by Crippen LogP contribution is 2.41. The largest absolute Gasteiger partial charge is 0.772 e. The first-order valence-electron chi connectivity index (χ1n) is 16.2. The van der Waals surface area contributed by atoms with Gasteiger partial charge >= 0.3 is 6.03 Å². The topological polar surface area (TPSA) is 169 Å². The number of nitrogens with zero attached hydrogens (tertiary/aromatic N) is 1. The van der Waals surface area contributed by atoms with E-state index < -0.39 is 52.1 Å². The van der Waals surface area contributed by atoms with Gasteiger partial charge in [-0.2, -0.15) is 0 Å². The van der Waals surface area contributed by atoms with E-state index in [1.54, 1.807) is 7.11 Å². The van der Waals surface area contributed by atoms with Crippen molar-refractivity contribution in [3.05, 3.63) is 0 Å². The molecule has 244 valence electrons. The molecule has 0 spiro atoms. The van der Waals surface area contributed by atoms with E-state index in [1.807, 2.05) is 11.8 Å². The van der Waals surface area contributed by atoms with E-state index in [9.17, 15) is 27.9 Å². The highest BCUT2D eigenvalue weighted by Gasteiger charge is 2.52. The van der Waals surface area contributed by atoms with Gasteiger partial charge < -0.3 is 30.6 Å². The third kappa shape index (κ3) is 8.55. The van der Waals surface area contributed by atoms with Gasteiger partial charge in [0.25, 0.3) is 5.91 Å². The molecule has 1 aliphatic heterocycles. The molecule has 4 aliphatic rings. The van der Waals surface area contributed by atoms with Crippen molar-refractivity contribution in [2.45, 2.75) is 133 Å². The van der Waals surface area contributed by atoms with Gasteiger partial charge in [-0.1, -0.05) is 56.5 Å². The standard InChI is InChI=1S/C30H51N5O7S/c1-3-30(21-11-6-4-7-12-21,34-28(39)33-29(20-43(40)41)16-8-5-9-17-29)27(42-2)35-18-10-13-23(35)25(37)31-19-24(36)26(38)32-22-14-15-22/h21-23,27H,3-20H2,1-2H3,(H,31,37)(H,32,38)(H,40,41)(H2,33,34,39)/p-1/t23-,27?,30-/m0/s1. The van der Waals surface area contributed by atoms with Crippen molar-refractivity contribution in [2.75, 3.05) is 26.0 Å². The zero-order valence-electron chi connectivity index (χ0n) is 25.8. The van der Waals surface area contributed by atoms with E-state index in [1.165, 1.54) is 0 Å². The molecule has 3 aliphatic carbocycles. The van der Waals surface area contributed by atoms with Crippen LogP contribution in [0.15, 0.2) is 0 Å². The van der Waals surface area contributed by atoms with Crippen molar-refractivity contribution in [1.82, 2.24) is 26.2 Å². The normalized spacial score (nSPS) is 25.6. The lowest BCUT2D eigenvalue weighted by atomic mass is 9.71. The molecular formula is C30H50N5O7S-. The van der Waals surface area contributed by atoms with Crippen LogP contribution in [0.5, 0.6) is 0 Å². The van der Waals surface area contributed by atoms with Crippen LogP contribution in [-0.2, 0) is 30.2 Å². The molecule has 0 aromatic heterocycles. The maximum Gasteiger partial charge on any atom is 0.315 e. The number of urea groups is 1. The predicted octanol–water partition coefficient (Wildman–Crippen LogP) is 2.00. The van der Waals surface area contributed by atoms with E-state index in [2.05, 4.69) is 21.3 Å². The van der Waals surface area contributed by atoms with E-state index in [4.69, 9.17) is 4.74 Å². The summed E-state index contributed by atoms with van der Waals surface area (Å²) in [7, 11) is 1.60. The Morgan fingerprint density at radius 3 is 2.28 bits per heavy atom. The second-order valence-corrected chi connectivity index (χ2v) is 13.9. The summed E-state index contributed by atoms with van der Waals surface area (Å²) in [6.07, 6.45) is 11.9. The number of carbonyl (C=O) groups excluding carboxylic acids is 4. The number of amides is 4. The van der Waals surface area contributed by atoms with Crippen molar-refractivity contribution in [1.29, 1.82) is 0 Å². The molecule has 4 atom stereocenters. The van der Waals surface area contributed by atoms with Crippen LogP contribution in [0.25, 0.3) is 0 Å². The number of hydrogen-bond donors (Lipinski definition) is 4. The molecule has 43 heavy (non-hydrogen) atoms. The van der Waals surface area contributed by atoms with Gasteiger partial charge in [0.15, 0.2) is 0 Å². The summed E-state index contributed by atoms with van der Waals surface area (Å²) in [4.78, 5) is 53.7. The minimum absolute atomic E-state index is 0.0574. The molecule has 3 saturated carbocycles. The number of hydrogen-bond acceptors (Lipinski definition) is 8. The Balaban J connectivity index is 1.52. The Morgan fingerprint density at radius 1 is 1.00 bits per heavy atom. The monoisotopic (exact) mass is 624 g/mol. The first-order valence-corrected chi connectivity index (χ1v) is 17.4. The molecule has 0 radical (unpaired) electrons. The molecule has 0 aromatic rings. The predicted molar refractivity (Wildman–Crippen MR) is 161 cm³/mol. The zero-order valence-corrected chi connectivity index (χ0v) is 26.6. The molecule has 1 heterocycles. The Bertz CT molecular complexity index is 1030. The molecule has 13 heteroatoms. The van der Waals surface area contributed by atoms with Crippen LogP contribution in [0, 0.1) is 5.92 Å². The maximum absolute atomic E-state index is 13.8. The van der Waals surface area contributed by atoms with Gasteiger partial charge in [0.1, 0.15) is 6.23 Å². The average molecular weight is 625 g/mol. The summed E-state index contributed by atoms with van der Waals surface area (Å²) in [5.74, 6) is -1.72. The lowest BCUT2D eigenvalue weighted by Crippen LogP contribution is -2.70. The second kappa shape index (κ2) is 15.3. The Hall–Kier alpha value is -2.09. The van der Waals surface area contributed by atoms with Gasteiger partial charge in [0, 0.05) is 25.4 Å². The van der Waals surface area contributed by atoms with Gasteiger partial charge in [-0.05, 0) is 63.7 Å². The van der Waals surface area contributed by atoms with Gasteiger partial charge in [-0.15, -0.1) is 0 Å². The van der Waals surface area contributed by atoms with Crippen LogP contribution in [0.1, 0.15) is 103 Å². The summed E-state index contributed by atoms with van der Waals surface area (Å²) in [6, 6.07) is -0.937.